The van der Waals surface area contributed by atoms with Crippen LogP contribution in [0.3, 0.4) is 0 Å². The number of carbonyl (C=O) groups is 2. The number of hydrogen-bond donors (Lipinski definition) is 1. The van der Waals surface area contributed by atoms with E-state index in [9.17, 15) is 9.59 Å². The van der Waals surface area contributed by atoms with Gasteiger partial charge in [-0.25, -0.2) is 4.79 Å². The minimum Gasteiger partial charge on any atom is -0.480 e. The molecule has 1 aromatic rings. The lowest BCUT2D eigenvalue weighted by Crippen LogP contribution is -2.38. The lowest BCUT2D eigenvalue weighted by atomic mass is 10.2. The van der Waals surface area contributed by atoms with Crippen LogP contribution < -0.4 is 0 Å². The predicted molar refractivity (Wildman–Crippen MR) is 54.9 cm³/mol. The summed E-state index contributed by atoms with van der Waals surface area (Å²) in [6, 6.07) is -0.772. The number of carboxylic acid groups (broad SMARTS) is 1. The summed E-state index contributed by atoms with van der Waals surface area (Å²) >= 11 is 0. The van der Waals surface area contributed by atoms with E-state index in [2.05, 4.69) is 10.1 Å². The number of carbonyl (C=O) groups excluding carboxylic acids is 1. The molecule has 1 aliphatic rings. The molecule has 2 rings (SSSR count). The molecule has 1 unspecified atom stereocenters. The summed E-state index contributed by atoms with van der Waals surface area (Å²) in [6.45, 7) is 1.97. The van der Waals surface area contributed by atoms with Gasteiger partial charge in [-0.05, 0) is 6.42 Å². The van der Waals surface area contributed by atoms with E-state index < -0.39 is 12.0 Å². The van der Waals surface area contributed by atoms with E-state index in [4.69, 9.17) is 9.63 Å². The lowest BCUT2D eigenvalue weighted by molar-refractivity contribution is -0.146. The smallest absolute Gasteiger partial charge is 0.326 e. The van der Waals surface area contributed by atoms with Crippen molar-refractivity contribution < 1.29 is 19.2 Å². The monoisotopic (exact) mass is 239 g/mol. The first-order valence-electron chi connectivity index (χ1n) is 5.45. The molecular formula is C10H13N3O4. The second-order valence-corrected chi connectivity index (χ2v) is 3.87. The number of aliphatic carboxylic acids is 1. The number of hydrogen-bond acceptors (Lipinski definition) is 5. The number of likely N-dealkylation sites (tertiary alicyclic amines) is 1. The van der Waals surface area contributed by atoms with Crippen molar-refractivity contribution in [3.05, 3.63) is 11.7 Å². The zero-order chi connectivity index (χ0) is 12.4. The van der Waals surface area contributed by atoms with E-state index in [0.717, 1.165) is 0 Å². The zero-order valence-corrected chi connectivity index (χ0v) is 9.42. The summed E-state index contributed by atoms with van der Waals surface area (Å²) in [6.07, 6.45) is 1.21. The van der Waals surface area contributed by atoms with Crippen LogP contribution in [0.25, 0.3) is 0 Å². The second kappa shape index (κ2) is 4.52. The highest BCUT2D eigenvalue weighted by Gasteiger charge is 2.36. The summed E-state index contributed by atoms with van der Waals surface area (Å²) in [4.78, 5) is 27.8. The van der Waals surface area contributed by atoms with Gasteiger partial charge < -0.3 is 14.5 Å². The third-order valence-electron chi connectivity index (χ3n) is 2.74. The second-order valence-electron chi connectivity index (χ2n) is 3.87. The minimum absolute atomic E-state index is 0.0965. The predicted octanol–water partition coefficient (Wildman–Crippen LogP) is 0.208. The van der Waals surface area contributed by atoms with E-state index >= 15 is 0 Å². The third-order valence-corrected chi connectivity index (χ3v) is 2.74. The molecule has 0 radical (unpaired) electrons. The highest BCUT2D eigenvalue weighted by molar-refractivity contribution is 5.87. The summed E-state index contributed by atoms with van der Waals surface area (Å²) < 4.78 is 4.91. The van der Waals surface area contributed by atoms with Crippen molar-refractivity contribution in [3.8, 4) is 0 Å². The molecule has 0 bridgehead atoms. The van der Waals surface area contributed by atoms with Gasteiger partial charge in [0.25, 0.3) is 0 Å². The zero-order valence-electron chi connectivity index (χ0n) is 9.42. The van der Waals surface area contributed by atoms with Crippen LogP contribution in [0, 0.1) is 0 Å². The van der Waals surface area contributed by atoms with Gasteiger partial charge in [-0.1, -0.05) is 12.1 Å². The topological polar surface area (TPSA) is 96.5 Å². The van der Waals surface area contributed by atoms with Gasteiger partial charge in [0, 0.05) is 12.8 Å². The van der Waals surface area contributed by atoms with Crippen molar-refractivity contribution in [2.75, 3.05) is 0 Å². The van der Waals surface area contributed by atoms with Crippen LogP contribution in [0.2, 0.25) is 0 Å². The molecule has 7 nitrogen and oxygen atoms in total. The van der Waals surface area contributed by atoms with Crippen molar-refractivity contribution >= 4 is 11.9 Å². The molecule has 1 atom stereocenters. The summed E-state index contributed by atoms with van der Waals surface area (Å²) in [5.74, 6) is -0.336. The Labute approximate surface area is 97.4 Å². The maximum Gasteiger partial charge on any atom is 0.326 e. The molecular weight excluding hydrogens is 226 g/mol. The van der Waals surface area contributed by atoms with E-state index in [1.807, 2.05) is 6.92 Å². The van der Waals surface area contributed by atoms with Gasteiger partial charge in [-0.15, -0.1) is 0 Å². The molecule has 1 fully saturated rings. The summed E-state index contributed by atoms with van der Waals surface area (Å²) in [5, 5.41) is 12.7. The Hall–Kier alpha value is -1.92. The van der Waals surface area contributed by atoms with Gasteiger partial charge in [0.15, 0.2) is 5.82 Å². The van der Waals surface area contributed by atoms with Gasteiger partial charge in [0.05, 0.1) is 6.54 Å². The molecule has 1 amide bonds. The van der Waals surface area contributed by atoms with Crippen LogP contribution in [0.1, 0.15) is 31.5 Å². The van der Waals surface area contributed by atoms with E-state index in [1.165, 1.54) is 4.90 Å². The lowest BCUT2D eigenvalue weighted by Gasteiger charge is -2.19. The van der Waals surface area contributed by atoms with E-state index in [1.54, 1.807) is 0 Å². The SMILES string of the molecule is CCc1nc(CN2C(=O)CCC2C(=O)O)no1. The largest absolute Gasteiger partial charge is 0.480 e. The standard InChI is InChI=1S/C10H13N3O4/c1-2-8-11-7(12-17-8)5-13-6(10(15)16)3-4-9(13)14/h6H,2-5H2,1H3,(H,15,16). The van der Waals surface area contributed by atoms with Crippen LogP contribution in [-0.4, -0.2) is 38.1 Å². The number of amides is 1. The first kappa shape index (κ1) is 11.6. The summed E-state index contributed by atoms with van der Waals surface area (Å²) in [7, 11) is 0. The molecule has 2 heterocycles. The Morgan fingerprint density at radius 1 is 1.65 bits per heavy atom. The fourth-order valence-electron chi connectivity index (χ4n) is 1.84. The van der Waals surface area contributed by atoms with Crippen LogP contribution >= 0.6 is 0 Å². The van der Waals surface area contributed by atoms with E-state index in [0.29, 0.717) is 24.6 Å². The fourth-order valence-corrected chi connectivity index (χ4v) is 1.84. The van der Waals surface area contributed by atoms with Gasteiger partial charge >= 0.3 is 5.97 Å². The normalized spacial score (nSPS) is 19.9. The van der Waals surface area contributed by atoms with Gasteiger partial charge in [-0.2, -0.15) is 4.98 Å². The van der Waals surface area contributed by atoms with Crippen molar-refractivity contribution in [2.24, 2.45) is 0 Å². The Morgan fingerprint density at radius 2 is 2.41 bits per heavy atom. The highest BCUT2D eigenvalue weighted by atomic mass is 16.5. The number of rotatable bonds is 4. The van der Waals surface area contributed by atoms with Crippen molar-refractivity contribution in [1.29, 1.82) is 0 Å². The Morgan fingerprint density at radius 3 is 3.00 bits per heavy atom. The summed E-state index contributed by atoms with van der Waals surface area (Å²) in [5.41, 5.74) is 0. The molecule has 0 spiro atoms. The highest BCUT2D eigenvalue weighted by Crippen LogP contribution is 2.20. The number of nitrogens with zero attached hydrogens (tertiary/aromatic N) is 3. The number of carboxylic acids is 1. The molecule has 1 N–H and O–H groups in total. The van der Waals surface area contributed by atoms with Crippen molar-refractivity contribution in [2.45, 2.75) is 38.8 Å². The minimum atomic E-state index is -0.991. The van der Waals surface area contributed by atoms with Crippen molar-refractivity contribution in [3.63, 3.8) is 0 Å². The molecule has 7 heteroatoms. The average Bonchev–Trinajstić information content (AvgIpc) is 2.87. The third kappa shape index (κ3) is 2.27. The van der Waals surface area contributed by atoms with Gasteiger partial charge in [0.1, 0.15) is 6.04 Å². The molecule has 0 saturated carbocycles. The molecule has 0 aromatic carbocycles. The maximum absolute atomic E-state index is 11.5. The Kier molecular flexibility index (Phi) is 3.08. The molecule has 1 aliphatic heterocycles. The van der Waals surface area contributed by atoms with Crippen LogP contribution in [0.5, 0.6) is 0 Å². The Balaban J connectivity index is 2.10. The first-order chi connectivity index (χ1) is 8.11. The molecule has 0 aliphatic carbocycles. The fraction of sp³-hybridized carbons (Fsp3) is 0.600. The maximum atomic E-state index is 11.5. The van der Waals surface area contributed by atoms with Gasteiger partial charge in [0.2, 0.25) is 11.8 Å². The quantitative estimate of drug-likeness (QED) is 0.806. The van der Waals surface area contributed by atoms with Crippen molar-refractivity contribution in [1.82, 2.24) is 15.0 Å². The molecule has 1 aromatic heterocycles. The average molecular weight is 239 g/mol. The Bertz CT molecular complexity index is 443. The molecule has 1 saturated heterocycles. The molecule has 17 heavy (non-hydrogen) atoms. The number of aryl methyl sites for hydroxylation is 1. The first-order valence-corrected chi connectivity index (χ1v) is 5.45. The van der Waals surface area contributed by atoms with Crippen LogP contribution in [0.4, 0.5) is 0 Å². The number of aromatic nitrogens is 2. The van der Waals surface area contributed by atoms with Crippen LogP contribution in [0.15, 0.2) is 4.52 Å². The van der Waals surface area contributed by atoms with E-state index in [-0.39, 0.29) is 18.9 Å². The van der Waals surface area contributed by atoms with Crippen LogP contribution in [-0.2, 0) is 22.6 Å². The molecule has 92 valence electrons. The van der Waals surface area contributed by atoms with Gasteiger partial charge in [-0.3, -0.25) is 4.79 Å².